The normalized spacial score (nSPS) is 26.8. The van der Waals surface area contributed by atoms with Gasteiger partial charge in [-0.2, -0.15) is 0 Å². The molecule has 3 aliphatic carbocycles. The first-order valence-electron chi connectivity index (χ1n) is 12.6. The van der Waals surface area contributed by atoms with E-state index in [-0.39, 0.29) is 23.2 Å². The van der Waals surface area contributed by atoms with E-state index in [0.29, 0.717) is 34.9 Å². The maximum Gasteiger partial charge on any atom is 0.341 e. The summed E-state index contributed by atoms with van der Waals surface area (Å²) in [4.78, 5) is 27.0. The summed E-state index contributed by atoms with van der Waals surface area (Å²) < 4.78 is 11.0. The van der Waals surface area contributed by atoms with Crippen LogP contribution in [-0.4, -0.2) is 25.6 Å². The third-order valence-electron chi connectivity index (χ3n) is 8.52. The lowest BCUT2D eigenvalue weighted by Gasteiger charge is -2.49. The molecule has 5 rings (SSSR count). The molecule has 182 valence electrons. The first kappa shape index (κ1) is 23.4. The van der Waals surface area contributed by atoms with Gasteiger partial charge in [-0.3, -0.25) is 4.79 Å². The predicted molar refractivity (Wildman–Crippen MR) is 135 cm³/mol. The molecule has 1 heterocycles. The van der Waals surface area contributed by atoms with E-state index >= 15 is 0 Å². The first-order chi connectivity index (χ1) is 16.3. The summed E-state index contributed by atoms with van der Waals surface area (Å²) in [5.41, 5.74) is 4.62. The van der Waals surface area contributed by atoms with Crippen LogP contribution < -0.4 is 10.1 Å². The molecular weight excluding hydrogens is 446 g/mol. The Bertz CT molecular complexity index is 1140. The first-order valence-corrected chi connectivity index (χ1v) is 13.4. The van der Waals surface area contributed by atoms with Gasteiger partial charge >= 0.3 is 5.97 Å². The molecule has 1 fully saturated rings. The van der Waals surface area contributed by atoms with Crippen molar-refractivity contribution in [3.63, 3.8) is 0 Å². The van der Waals surface area contributed by atoms with Gasteiger partial charge in [-0.25, -0.2) is 4.79 Å². The van der Waals surface area contributed by atoms with E-state index in [1.165, 1.54) is 22.4 Å². The zero-order chi connectivity index (χ0) is 24.2. The van der Waals surface area contributed by atoms with Gasteiger partial charge in [-0.15, -0.1) is 11.3 Å². The van der Waals surface area contributed by atoms with Gasteiger partial charge in [0.15, 0.2) is 0 Å². The van der Waals surface area contributed by atoms with Crippen LogP contribution >= 0.6 is 11.3 Å². The minimum Gasteiger partial charge on any atom is -0.497 e. The van der Waals surface area contributed by atoms with E-state index < -0.39 is 0 Å². The lowest BCUT2D eigenvalue weighted by Crippen LogP contribution is -2.43. The number of fused-ring (bicyclic) bond motifs is 7. The molecule has 5 nitrogen and oxygen atoms in total. The number of ether oxygens (including phenoxy) is 2. The number of nitrogens with one attached hydrogen (secondary N) is 1. The third kappa shape index (κ3) is 3.57. The predicted octanol–water partition coefficient (Wildman–Crippen LogP) is 6.10. The standard InChI is InChI=1S/C28H35NO4S/c1-6-33-27(31)23-24-22(34-26(23)29-25(30)15(2)3)14-21-20-9-7-16-13-17(32-5)8-10-18(16)19(20)11-12-28(21,24)4/h8,10,13,15,19-21H,6-7,9,11-12,14H2,1-5H3,(H,29,30)/t19-,20-,21-,28-/m1/s1. The number of thiophene rings is 1. The number of amides is 1. The van der Waals surface area contributed by atoms with Crippen molar-refractivity contribution in [3.8, 4) is 5.75 Å². The number of benzene rings is 1. The van der Waals surface area contributed by atoms with Crippen molar-refractivity contribution in [1.29, 1.82) is 0 Å². The van der Waals surface area contributed by atoms with E-state index in [2.05, 4.69) is 30.4 Å². The monoisotopic (exact) mass is 481 g/mol. The SMILES string of the molecule is CCOC(=O)c1c(NC(=O)C(C)C)sc2c1[C@]1(C)CC[C@@H]3c4ccc(OC)cc4CC[C@H]3[C@H]1C2. The Morgan fingerprint density at radius 3 is 2.76 bits per heavy atom. The lowest BCUT2D eigenvalue weighted by molar-refractivity contribution is -0.118. The average Bonchev–Trinajstić information content (AvgIpc) is 3.32. The number of anilines is 1. The van der Waals surface area contributed by atoms with Gasteiger partial charge in [0.1, 0.15) is 10.8 Å². The van der Waals surface area contributed by atoms with Crippen molar-refractivity contribution in [2.45, 2.75) is 71.1 Å². The van der Waals surface area contributed by atoms with Crippen molar-refractivity contribution in [1.82, 2.24) is 0 Å². The Hall–Kier alpha value is -2.34. The molecule has 4 atom stereocenters. The highest BCUT2D eigenvalue weighted by molar-refractivity contribution is 7.17. The van der Waals surface area contributed by atoms with Gasteiger partial charge in [0.25, 0.3) is 0 Å². The summed E-state index contributed by atoms with van der Waals surface area (Å²) in [5, 5.41) is 3.71. The lowest BCUT2D eigenvalue weighted by atomic mass is 9.54. The van der Waals surface area contributed by atoms with Crippen LogP contribution in [0.3, 0.4) is 0 Å². The van der Waals surface area contributed by atoms with E-state index in [1.807, 2.05) is 20.8 Å². The Kier molecular flexibility index (Phi) is 5.99. The van der Waals surface area contributed by atoms with Crippen molar-refractivity contribution in [3.05, 3.63) is 45.3 Å². The fraction of sp³-hybridized carbons (Fsp3) is 0.571. The average molecular weight is 482 g/mol. The molecule has 34 heavy (non-hydrogen) atoms. The van der Waals surface area contributed by atoms with Crippen molar-refractivity contribution in [2.75, 3.05) is 19.0 Å². The van der Waals surface area contributed by atoms with Gasteiger partial charge in [0.05, 0.1) is 19.3 Å². The second kappa shape index (κ2) is 8.71. The van der Waals surface area contributed by atoms with Gasteiger partial charge in [0, 0.05) is 10.8 Å². The van der Waals surface area contributed by atoms with Crippen LogP contribution in [0.4, 0.5) is 5.00 Å². The molecule has 1 saturated carbocycles. The quantitative estimate of drug-likeness (QED) is 0.524. The minimum absolute atomic E-state index is 0.0600. The highest BCUT2D eigenvalue weighted by Gasteiger charge is 2.55. The summed E-state index contributed by atoms with van der Waals surface area (Å²) in [6.45, 7) is 8.26. The zero-order valence-electron chi connectivity index (χ0n) is 20.8. The molecule has 1 aromatic carbocycles. The van der Waals surface area contributed by atoms with Crippen LogP contribution in [0.1, 0.15) is 84.8 Å². The molecule has 6 heteroatoms. The van der Waals surface area contributed by atoms with E-state index in [1.54, 1.807) is 18.4 Å². The minimum atomic E-state index is -0.302. The van der Waals surface area contributed by atoms with Crippen molar-refractivity contribution in [2.24, 2.45) is 17.8 Å². The topological polar surface area (TPSA) is 64.6 Å². The van der Waals surface area contributed by atoms with Crippen molar-refractivity contribution >= 4 is 28.2 Å². The highest BCUT2D eigenvalue weighted by atomic mass is 32.1. The summed E-state index contributed by atoms with van der Waals surface area (Å²) >= 11 is 1.59. The number of hydrogen-bond donors (Lipinski definition) is 1. The molecule has 0 saturated heterocycles. The van der Waals surface area contributed by atoms with Gasteiger partial charge in [-0.1, -0.05) is 26.8 Å². The third-order valence-corrected chi connectivity index (χ3v) is 9.65. The molecule has 0 radical (unpaired) electrons. The number of aryl methyl sites for hydroxylation is 1. The fourth-order valence-electron chi connectivity index (χ4n) is 6.86. The smallest absolute Gasteiger partial charge is 0.341 e. The highest BCUT2D eigenvalue weighted by Crippen LogP contribution is 2.63. The molecule has 0 aliphatic heterocycles. The maximum atomic E-state index is 13.2. The largest absolute Gasteiger partial charge is 0.497 e. The van der Waals surface area contributed by atoms with Crippen LogP contribution in [0.15, 0.2) is 18.2 Å². The number of hydrogen-bond acceptors (Lipinski definition) is 5. The number of rotatable bonds is 5. The number of methoxy groups -OCH3 is 1. The molecule has 1 N–H and O–H groups in total. The molecule has 1 aromatic heterocycles. The summed E-state index contributed by atoms with van der Waals surface area (Å²) in [5.74, 6) is 2.10. The number of carbonyl (C=O) groups is 2. The molecule has 0 bridgehead atoms. The van der Waals surface area contributed by atoms with Crippen LogP contribution in [0.2, 0.25) is 0 Å². The molecular formula is C28H35NO4S. The second-order valence-corrected chi connectivity index (χ2v) is 11.7. The summed E-state index contributed by atoms with van der Waals surface area (Å²) in [6, 6.07) is 6.60. The van der Waals surface area contributed by atoms with E-state index in [4.69, 9.17) is 9.47 Å². The molecule has 1 amide bonds. The Labute approximate surface area is 206 Å². The van der Waals surface area contributed by atoms with Crippen molar-refractivity contribution < 1.29 is 19.1 Å². The van der Waals surface area contributed by atoms with E-state index in [9.17, 15) is 9.59 Å². The Morgan fingerprint density at radius 2 is 2.06 bits per heavy atom. The summed E-state index contributed by atoms with van der Waals surface area (Å²) in [7, 11) is 1.73. The van der Waals surface area contributed by atoms with Crippen LogP contribution in [0.25, 0.3) is 0 Å². The fourth-order valence-corrected chi connectivity index (χ4v) is 8.25. The Morgan fingerprint density at radius 1 is 1.26 bits per heavy atom. The Balaban J connectivity index is 1.52. The molecule has 3 aliphatic rings. The number of carbonyl (C=O) groups excluding carboxylic acids is 2. The molecule has 0 unspecified atom stereocenters. The zero-order valence-corrected chi connectivity index (χ0v) is 21.6. The maximum absolute atomic E-state index is 13.2. The molecule has 2 aromatic rings. The molecule has 0 spiro atoms. The van der Waals surface area contributed by atoms with Crippen LogP contribution in [-0.2, 0) is 27.8 Å². The van der Waals surface area contributed by atoms with Crippen LogP contribution in [0, 0.1) is 17.8 Å². The van der Waals surface area contributed by atoms with Gasteiger partial charge in [0.2, 0.25) is 5.91 Å². The second-order valence-electron chi connectivity index (χ2n) is 10.6. The van der Waals surface area contributed by atoms with E-state index in [0.717, 1.165) is 37.0 Å². The van der Waals surface area contributed by atoms with Gasteiger partial charge in [-0.05, 0) is 91.0 Å². The van der Waals surface area contributed by atoms with Gasteiger partial charge < -0.3 is 14.8 Å². The summed E-state index contributed by atoms with van der Waals surface area (Å²) in [6.07, 6.45) is 5.38. The number of esters is 1. The van der Waals surface area contributed by atoms with Crippen LogP contribution in [0.5, 0.6) is 5.75 Å².